The van der Waals surface area contributed by atoms with Crippen molar-refractivity contribution in [1.82, 2.24) is 5.32 Å². The van der Waals surface area contributed by atoms with Crippen LogP contribution in [0.4, 0.5) is 0 Å². The molecule has 0 aliphatic heterocycles. The Hall–Kier alpha value is -1.83. The Bertz CT molecular complexity index is 551. The molecule has 20 heavy (non-hydrogen) atoms. The van der Waals surface area contributed by atoms with Gasteiger partial charge < -0.3 is 15.8 Å². The van der Waals surface area contributed by atoms with Gasteiger partial charge in [0.15, 0.2) is 0 Å². The molecule has 1 aromatic rings. The number of amides is 1. The zero-order chi connectivity index (χ0) is 14.5. The molecular weight excluding hydrogens is 252 g/mol. The Kier molecular flexibility index (Phi) is 4.78. The van der Waals surface area contributed by atoms with Crippen molar-refractivity contribution in [2.24, 2.45) is 5.73 Å². The largest absolute Gasteiger partial charge is 0.381 e. The van der Waals surface area contributed by atoms with Crippen molar-refractivity contribution in [2.75, 3.05) is 13.7 Å². The van der Waals surface area contributed by atoms with Crippen molar-refractivity contribution in [3.8, 4) is 11.8 Å². The maximum absolute atomic E-state index is 12.3. The molecule has 0 unspecified atom stereocenters. The number of hydrogen-bond acceptors (Lipinski definition) is 3. The standard InChI is InChI=1S/C16H20N2O2/c1-11-5-6-12(4-3-7-17)8-15(11)16(19)18-13-9-14(10-13)20-2/h5-6,8,13-14H,7,9-10,17H2,1-2H3,(H,18,19). The number of methoxy groups -OCH3 is 1. The first-order valence-corrected chi connectivity index (χ1v) is 6.77. The fraction of sp³-hybridized carbons (Fsp3) is 0.438. The van der Waals surface area contributed by atoms with Crippen LogP contribution in [0.2, 0.25) is 0 Å². The van der Waals surface area contributed by atoms with Crippen LogP contribution in [-0.2, 0) is 4.74 Å². The van der Waals surface area contributed by atoms with E-state index < -0.39 is 0 Å². The fourth-order valence-corrected chi connectivity index (χ4v) is 2.24. The summed E-state index contributed by atoms with van der Waals surface area (Å²) in [4.78, 5) is 12.3. The van der Waals surface area contributed by atoms with E-state index in [9.17, 15) is 4.79 Å². The van der Waals surface area contributed by atoms with E-state index in [0.29, 0.717) is 12.1 Å². The number of hydrogen-bond donors (Lipinski definition) is 2. The van der Waals surface area contributed by atoms with Crippen LogP contribution in [0.5, 0.6) is 0 Å². The highest BCUT2D eigenvalue weighted by Crippen LogP contribution is 2.23. The molecule has 1 aliphatic rings. The summed E-state index contributed by atoms with van der Waals surface area (Å²) in [6, 6.07) is 5.85. The predicted octanol–water partition coefficient (Wildman–Crippen LogP) is 1.21. The minimum Gasteiger partial charge on any atom is -0.381 e. The van der Waals surface area contributed by atoms with E-state index in [2.05, 4.69) is 17.2 Å². The lowest BCUT2D eigenvalue weighted by atomic mass is 9.89. The third kappa shape index (κ3) is 3.38. The van der Waals surface area contributed by atoms with Gasteiger partial charge in [-0.3, -0.25) is 4.79 Å². The third-order valence-corrected chi connectivity index (χ3v) is 3.58. The number of carbonyl (C=O) groups is 1. The van der Waals surface area contributed by atoms with E-state index in [1.165, 1.54) is 0 Å². The van der Waals surface area contributed by atoms with Crippen molar-refractivity contribution < 1.29 is 9.53 Å². The number of nitrogens with one attached hydrogen (secondary N) is 1. The van der Waals surface area contributed by atoms with Crippen LogP contribution < -0.4 is 11.1 Å². The molecule has 1 aromatic carbocycles. The van der Waals surface area contributed by atoms with Crippen LogP contribution in [0.15, 0.2) is 18.2 Å². The molecule has 0 atom stereocenters. The summed E-state index contributed by atoms with van der Waals surface area (Å²) in [6.07, 6.45) is 2.05. The Morgan fingerprint density at radius 3 is 2.90 bits per heavy atom. The lowest BCUT2D eigenvalue weighted by molar-refractivity contribution is 0.0176. The van der Waals surface area contributed by atoms with Crippen LogP contribution in [0.1, 0.15) is 34.3 Å². The molecule has 4 nitrogen and oxygen atoms in total. The van der Waals surface area contributed by atoms with Gasteiger partial charge in [0.1, 0.15) is 0 Å². The molecule has 0 spiro atoms. The highest BCUT2D eigenvalue weighted by Gasteiger charge is 2.30. The van der Waals surface area contributed by atoms with E-state index in [0.717, 1.165) is 24.0 Å². The van der Waals surface area contributed by atoms with Crippen LogP contribution in [0, 0.1) is 18.8 Å². The summed E-state index contributed by atoms with van der Waals surface area (Å²) >= 11 is 0. The smallest absolute Gasteiger partial charge is 0.251 e. The Balaban J connectivity index is 2.05. The molecule has 0 heterocycles. The minimum absolute atomic E-state index is 0.0431. The van der Waals surface area contributed by atoms with Gasteiger partial charge in [-0.15, -0.1) is 0 Å². The van der Waals surface area contributed by atoms with E-state index in [1.807, 2.05) is 25.1 Å². The van der Waals surface area contributed by atoms with Crippen molar-refractivity contribution in [1.29, 1.82) is 0 Å². The molecule has 2 rings (SSSR count). The molecule has 0 bridgehead atoms. The summed E-state index contributed by atoms with van der Waals surface area (Å²) in [5.41, 5.74) is 7.79. The van der Waals surface area contributed by atoms with Gasteiger partial charge in [0.2, 0.25) is 0 Å². The number of carbonyl (C=O) groups excluding carboxylic acids is 1. The molecule has 0 saturated heterocycles. The number of aryl methyl sites for hydroxylation is 1. The van der Waals surface area contributed by atoms with Crippen LogP contribution >= 0.6 is 0 Å². The highest BCUT2D eigenvalue weighted by atomic mass is 16.5. The number of nitrogens with two attached hydrogens (primary N) is 1. The molecule has 106 valence electrons. The second kappa shape index (κ2) is 6.56. The SMILES string of the molecule is COC1CC(NC(=O)c2cc(C#CCN)ccc2C)C1. The second-order valence-corrected chi connectivity index (χ2v) is 5.04. The van der Waals surface area contributed by atoms with Crippen LogP contribution in [0.3, 0.4) is 0 Å². The summed E-state index contributed by atoms with van der Waals surface area (Å²) < 4.78 is 5.21. The normalized spacial score (nSPS) is 20.6. The molecule has 1 amide bonds. The molecule has 4 heteroatoms. The number of rotatable bonds is 3. The molecule has 1 aliphatic carbocycles. The number of benzene rings is 1. The molecule has 1 fully saturated rings. The van der Waals surface area contributed by atoms with Gasteiger partial charge in [0.05, 0.1) is 12.6 Å². The minimum atomic E-state index is -0.0431. The third-order valence-electron chi connectivity index (χ3n) is 3.58. The lowest BCUT2D eigenvalue weighted by Crippen LogP contribution is -2.47. The Morgan fingerprint density at radius 1 is 1.50 bits per heavy atom. The van der Waals surface area contributed by atoms with Crippen LogP contribution in [-0.4, -0.2) is 31.7 Å². The molecule has 0 aromatic heterocycles. The first kappa shape index (κ1) is 14.6. The van der Waals surface area contributed by atoms with Gasteiger partial charge in [0, 0.05) is 24.3 Å². The average Bonchev–Trinajstić information content (AvgIpc) is 2.41. The van der Waals surface area contributed by atoms with Gasteiger partial charge in [-0.25, -0.2) is 0 Å². The summed E-state index contributed by atoms with van der Waals surface area (Å²) in [5.74, 6) is 5.70. The molecular formula is C16H20N2O2. The Labute approximate surface area is 119 Å². The van der Waals surface area contributed by atoms with Crippen molar-refractivity contribution in [2.45, 2.75) is 31.9 Å². The summed E-state index contributed by atoms with van der Waals surface area (Å²) in [6.45, 7) is 2.24. The topological polar surface area (TPSA) is 64.3 Å². The molecule has 0 radical (unpaired) electrons. The summed E-state index contributed by atoms with van der Waals surface area (Å²) in [7, 11) is 1.70. The molecule has 3 N–H and O–H groups in total. The monoisotopic (exact) mass is 272 g/mol. The average molecular weight is 272 g/mol. The highest BCUT2D eigenvalue weighted by molar-refractivity contribution is 5.96. The zero-order valence-corrected chi connectivity index (χ0v) is 11.9. The quantitative estimate of drug-likeness (QED) is 0.813. The van der Waals surface area contributed by atoms with Gasteiger partial charge in [-0.1, -0.05) is 17.9 Å². The first-order valence-electron chi connectivity index (χ1n) is 6.77. The van der Waals surface area contributed by atoms with Gasteiger partial charge >= 0.3 is 0 Å². The van der Waals surface area contributed by atoms with Crippen molar-refractivity contribution in [3.05, 3.63) is 34.9 Å². The second-order valence-electron chi connectivity index (χ2n) is 5.04. The van der Waals surface area contributed by atoms with E-state index in [1.54, 1.807) is 7.11 Å². The zero-order valence-electron chi connectivity index (χ0n) is 11.9. The van der Waals surface area contributed by atoms with Gasteiger partial charge in [-0.05, 0) is 37.5 Å². The summed E-state index contributed by atoms with van der Waals surface area (Å²) in [5, 5.41) is 3.03. The van der Waals surface area contributed by atoms with E-state index in [4.69, 9.17) is 10.5 Å². The predicted molar refractivity (Wildman–Crippen MR) is 78.4 cm³/mol. The lowest BCUT2D eigenvalue weighted by Gasteiger charge is -2.34. The van der Waals surface area contributed by atoms with Crippen LogP contribution in [0.25, 0.3) is 0 Å². The van der Waals surface area contributed by atoms with Gasteiger partial charge in [0.25, 0.3) is 5.91 Å². The number of ether oxygens (including phenoxy) is 1. The van der Waals surface area contributed by atoms with Crippen molar-refractivity contribution in [3.63, 3.8) is 0 Å². The molecule has 1 saturated carbocycles. The maximum Gasteiger partial charge on any atom is 0.251 e. The van der Waals surface area contributed by atoms with E-state index in [-0.39, 0.29) is 18.1 Å². The Morgan fingerprint density at radius 2 is 2.25 bits per heavy atom. The maximum atomic E-state index is 12.3. The van der Waals surface area contributed by atoms with Crippen molar-refractivity contribution >= 4 is 5.91 Å². The van der Waals surface area contributed by atoms with Gasteiger partial charge in [-0.2, -0.15) is 0 Å². The van der Waals surface area contributed by atoms with E-state index >= 15 is 0 Å². The fourth-order valence-electron chi connectivity index (χ4n) is 2.24. The first-order chi connectivity index (χ1) is 9.63.